The van der Waals surface area contributed by atoms with Crippen LogP contribution in [-0.4, -0.2) is 27.4 Å². The number of hydrogen-bond donors (Lipinski definition) is 2. The Morgan fingerprint density at radius 2 is 1.77 bits per heavy atom. The number of fused-ring (bicyclic) bond motifs is 10. The minimum atomic E-state index is -1.44. The van der Waals surface area contributed by atoms with Gasteiger partial charge in [0.25, 0.3) is 0 Å². The van der Waals surface area contributed by atoms with Crippen LogP contribution in [0, 0.1) is 19.7 Å². The van der Waals surface area contributed by atoms with Gasteiger partial charge >= 0.3 is 0 Å². The Morgan fingerprint density at radius 3 is 2.55 bits per heavy atom. The molecule has 0 fully saturated rings. The zero-order chi connectivity index (χ0) is 21.6. The third-order valence-corrected chi connectivity index (χ3v) is 7.25. The van der Waals surface area contributed by atoms with Gasteiger partial charge in [-0.15, -0.1) is 0 Å². The van der Waals surface area contributed by atoms with Crippen molar-refractivity contribution in [1.82, 2.24) is 4.90 Å². The van der Waals surface area contributed by atoms with E-state index in [9.17, 15) is 14.6 Å². The quantitative estimate of drug-likeness (QED) is 0.432. The van der Waals surface area contributed by atoms with Gasteiger partial charge in [0.05, 0.1) is 12.1 Å². The maximum absolute atomic E-state index is 14.5. The van der Waals surface area contributed by atoms with Crippen molar-refractivity contribution < 1.29 is 14.6 Å². The van der Waals surface area contributed by atoms with Crippen molar-refractivity contribution in [2.45, 2.75) is 45.1 Å². The van der Waals surface area contributed by atoms with Crippen molar-refractivity contribution in [3.63, 3.8) is 0 Å². The zero-order valence-electron chi connectivity index (χ0n) is 17.7. The van der Waals surface area contributed by atoms with E-state index in [1.807, 2.05) is 18.2 Å². The second kappa shape index (κ2) is 6.28. The predicted octanol–water partition coefficient (Wildman–Crippen LogP) is 5.08. The van der Waals surface area contributed by atoms with Crippen LogP contribution in [0.15, 0.2) is 60.3 Å². The van der Waals surface area contributed by atoms with Crippen LogP contribution in [0.25, 0.3) is 16.3 Å². The normalized spacial score (nSPS) is 23.5. The molecule has 31 heavy (non-hydrogen) atoms. The van der Waals surface area contributed by atoms with Crippen molar-refractivity contribution in [2.24, 2.45) is 0 Å². The highest BCUT2D eigenvalue weighted by molar-refractivity contribution is 5.96. The topological polar surface area (TPSA) is 43.7 Å². The van der Waals surface area contributed by atoms with Gasteiger partial charge < -0.3 is 15.1 Å². The Hall–Kier alpha value is -2.95. The van der Waals surface area contributed by atoms with Crippen LogP contribution in [0.1, 0.15) is 52.3 Å². The van der Waals surface area contributed by atoms with E-state index in [2.05, 4.69) is 50.1 Å². The van der Waals surface area contributed by atoms with E-state index in [-0.39, 0.29) is 23.8 Å². The fourth-order valence-electron chi connectivity index (χ4n) is 6.09. The summed E-state index contributed by atoms with van der Waals surface area (Å²) in [5.74, 6) is -0.231. The molecule has 3 aliphatic rings. The summed E-state index contributed by atoms with van der Waals surface area (Å²) in [6, 6.07) is 13.7. The number of allylic oxidation sites excluding steroid dienone is 1. The molecule has 4 heteroatoms. The van der Waals surface area contributed by atoms with Gasteiger partial charge in [0, 0.05) is 17.5 Å². The first kappa shape index (κ1) is 18.8. The second-order valence-electron chi connectivity index (χ2n) is 9.12. The zero-order valence-corrected chi connectivity index (χ0v) is 17.7. The maximum Gasteiger partial charge on any atom is 0.175 e. The molecule has 0 spiro atoms. The maximum atomic E-state index is 14.5. The highest BCUT2D eigenvalue weighted by Gasteiger charge is 2.49. The van der Waals surface area contributed by atoms with Crippen molar-refractivity contribution in [3.8, 4) is 0 Å². The minimum absolute atomic E-state index is 0.00912. The number of rotatable bonds is 1. The van der Waals surface area contributed by atoms with E-state index in [1.165, 1.54) is 33.9 Å². The molecule has 6 rings (SSSR count). The Kier molecular flexibility index (Phi) is 3.81. The highest BCUT2D eigenvalue weighted by Crippen LogP contribution is 2.56. The number of aliphatic hydroxyl groups excluding tert-OH is 1. The van der Waals surface area contributed by atoms with E-state index < -0.39 is 6.29 Å². The number of benzene rings is 3. The average Bonchev–Trinajstić information content (AvgIpc) is 2.68. The molecular weight excluding hydrogens is 389 g/mol. The van der Waals surface area contributed by atoms with Gasteiger partial charge in [0.15, 0.2) is 6.29 Å². The van der Waals surface area contributed by atoms with E-state index in [1.54, 1.807) is 6.07 Å². The summed E-state index contributed by atoms with van der Waals surface area (Å²) in [6.07, 6.45) is 2.72. The smallest absolute Gasteiger partial charge is 0.175 e. The molecule has 3 atom stereocenters. The molecule has 2 aliphatic heterocycles. The van der Waals surface area contributed by atoms with Gasteiger partial charge in [-0.3, -0.25) is 0 Å². The van der Waals surface area contributed by atoms with Crippen LogP contribution in [0.5, 0.6) is 0 Å². The summed E-state index contributed by atoms with van der Waals surface area (Å²) >= 11 is 0. The standard InChI is InChI=1S/C27H24FNO2/c1-13-9-14(2)24-19(10-13)26-18-8-7-16-17(5-4-6-21(16)28)23(18)15(3)12-29(26)22-11-20(25(22)24)27(30)31/h4-12,22,25-27,30-31H,1-3H3. The van der Waals surface area contributed by atoms with Gasteiger partial charge in [-0.1, -0.05) is 48.0 Å². The van der Waals surface area contributed by atoms with Gasteiger partial charge in [0.2, 0.25) is 0 Å². The third kappa shape index (κ3) is 2.40. The van der Waals surface area contributed by atoms with E-state index in [0.717, 1.165) is 16.5 Å². The fourth-order valence-corrected chi connectivity index (χ4v) is 6.09. The summed E-state index contributed by atoms with van der Waals surface area (Å²) in [7, 11) is 0. The molecule has 1 aliphatic carbocycles. The Morgan fingerprint density at radius 1 is 0.968 bits per heavy atom. The van der Waals surface area contributed by atoms with E-state index >= 15 is 0 Å². The van der Waals surface area contributed by atoms with Gasteiger partial charge in [0.1, 0.15) is 5.82 Å². The van der Waals surface area contributed by atoms with Crippen LogP contribution in [0.4, 0.5) is 4.39 Å². The molecule has 3 unspecified atom stereocenters. The molecule has 0 amide bonds. The number of aryl methyl sites for hydroxylation is 2. The van der Waals surface area contributed by atoms with E-state index in [4.69, 9.17) is 0 Å². The Labute approximate surface area is 180 Å². The Bertz CT molecular complexity index is 1340. The minimum Gasteiger partial charge on any atom is -0.365 e. The summed E-state index contributed by atoms with van der Waals surface area (Å²) in [6.45, 7) is 6.29. The largest absolute Gasteiger partial charge is 0.365 e. The van der Waals surface area contributed by atoms with Crippen LogP contribution >= 0.6 is 0 Å². The summed E-state index contributed by atoms with van der Waals surface area (Å²) < 4.78 is 14.5. The molecule has 0 saturated carbocycles. The van der Waals surface area contributed by atoms with Crippen LogP contribution in [-0.2, 0) is 0 Å². The van der Waals surface area contributed by atoms with Gasteiger partial charge in [-0.25, -0.2) is 4.39 Å². The molecule has 3 nitrogen and oxygen atoms in total. The second-order valence-corrected chi connectivity index (χ2v) is 9.12. The van der Waals surface area contributed by atoms with Crippen molar-refractivity contribution in [3.05, 3.63) is 99.5 Å². The average molecular weight is 413 g/mol. The van der Waals surface area contributed by atoms with Crippen molar-refractivity contribution in [2.75, 3.05) is 0 Å². The SMILES string of the molecule is CC1=CN2C(c3cc(C)cc(C)c3C3C(C(O)O)=CC32)c2ccc3c(F)cccc3c21. The monoisotopic (exact) mass is 413 g/mol. The first-order chi connectivity index (χ1) is 14.9. The predicted molar refractivity (Wildman–Crippen MR) is 120 cm³/mol. The molecule has 0 radical (unpaired) electrons. The summed E-state index contributed by atoms with van der Waals surface area (Å²) in [5, 5.41) is 21.5. The van der Waals surface area contributed by atoms with Crippen molar-refractivity contribution in [1.29, 1.82) is 0 Å². The van der Waals surface area contributed by atoms with Gasteiger partial charge in [-0.05, 0) is 71.2 Å². The molecule has 156 valence electrons. The number of nitrogens with zero attached hydrogens (tertiary/aromatic N) is 1. The number of halogens is 1. The van der Waals surface area contributed by atoms with Crippen LogP contribution in [0.2, 0.25) is 0 Å². The molecule has 3 aromatic carbocycles. The van der Waals surface area contributed by atoms with Gasteiger partial charge in [-0.2, -0.15) is 0 Å². The summed E-state index contributed by atoms with van der Waals surface area (Å²) in [4.78, 5) is 2.35. The highest BCUT2D eigenvalue weighted by atomic mass is 19.1. The molecule has 0 aromatic heterocycles. The fraction of sp³-hybridized carbons (Fsp3) is 0.259. The lowest BCUT2D eigenvalue weighted by Crippen LogP contribution is -2.51. The van der Waals surface area contributed by atoms with Crippen LogP contribution < -0.4 is 0 Å². The lowest BCUT2D eigenvalue weighted by atomic mass is 9.65. The first-order valence-electron chi connectivity index (χ1n) is 10.7. The molecule has 2 heterocycles. The number of hydrogen-bond acceptors (Lipinski definition) is 3. The third-order valence-electron chi connectivity index (χ3n) is 7.25. The Balaban J connectivity index is 1.67. The summed E-state index contributed by atoms with van der Waals surface area (Å²) in [5.41, 5.74) is 8.81. The van der Waals surface area contributed by atoms with Crippen LogP contribution in [0.3, 0.4) is 0 Å². The molecule has 0 saturated heterocycles. The lowest BCUT2D eigenvalue weighted by molar-refractivity contribution is -0.0221. The molecular formula is C27H24FNO2. The van der Waals surface area contributed by atoms with Crippen molar-refractivity contribution >= 4 is 16.3 Å². The first-order valence-corrected chi connectivity index (χ1v) is 10.7. The molecule has 0 bridgehead atoms. The molecule has 3 aromatic rings. The molecule has 2 N–H and O–H groups in total. The number of aliphatic hydroxyl groups is 2. The lowest BCUT2D eigenvalue weighted by Gasteiger charge is -2.54. The van der Waals surface area contributed by atoms with E-state index in [0.29, 0.717) is 11.0 Å².